The van der Waals surface area contributed by atoms with Gasteiger partial charge in [-0.2, -0.15) is 18.4 Å². The van der Waals surface area contributed by atoms with Gasteiger partial charge in [-0.1, -0.05) is 0 Å². The lowest BCUT2D eigenvalue weighted by molar-refractivity contribution is -0.144. The smallest absolute Gasteiger partial charge is 0.305 e. The highest BCUT2D eigenvalue weighted by Crippen LogP contribution is 2.17. The summed E-state index contributed by atoms with van der Waals surface area (Å²) in [5, 5.41) is 9.18. The summed E-state index contributed by atoms with van der Waals surface area (Å²) in [6.07, 6.45) is -3.08. The van der Waals surface area contributed by atoms with Crippen molar-refractivity contribution in [2.75, 3.05) is 13.1 Å². The van der Waals surface area contributed by atoms with E-state index < -0.39 is 12.7 Å². The van der Waals surface area contributed by atoms with Crippen molar-refractivity contribution in [1.29, 1.82) is 5.26 Å². The average Bonchev–Trinajstić information content (AvgIpc) is 2.32. The maximum absolute atomic E-state index is 11.7. The zero-order chi connectivity index (χ0) is 9.19. The fraction of sp³-hybridized carbons (Fsp3) is 0.500. The zero-order valence-electron chi connectivity index (χ0n) is 6.02. The second-order valence-corrected chi connectivity index (χ2v) is 2.34. The molecule has 0 aliphatic carbocycles. The Morgan fingerprint density at radius 2 is 2.33 bits per heavy atom. The summed E-state index contributed by atoms with van der Waals surface area (Å²) in [4.78, 5) is 0. The standard InChI is InChI=1S/C6H6F3N3/c7-6(8,9)4-12-3-5(1-10)2-11-12/h3,11H,2,4H2. The first-order valence-electron chi connectivity index (χ1n) is 3.19. The first-order chi connectivity index (χ1) is 5.51. The summed E-state index contributed by atoms with van der Waals surface area (Å²) >= 11 is 0. The number of hydrogen-bond donors (Lipinski definition) is 1. The minimum atomic E-state index is -4.24. The number of nitriles is 1. The fourth-order valence-electron chi connectivity index (χ4n) is 0.829. The molecule has 0 aromatic carbocycles. The van der Waals surface area contributed by atoms with Gasteiger partial charge in [0.2, 0.25) is 0 Å². The van der Waals surface area contributed by atoms with Gasteiger partial charge in [-0.15, -0.1) is 0 Å². The molecule has 0 saturated carbocycles. The minimum absolute atomic E-state index is 0.173. The lowest BCUT2D eigenvalue weighted by atomic mass is 10.3. The van der Waals surface area contributed by atoms with E-state index in [9.17, 15) is 13.2 Å². The largest absolute Gasteiger partial charge is 0.407 e. The average molecular weight is 177 g/mol. The van der Waals surface area contributed by atoms with Gasteiger partial charge in [0.05, 0.1) is 18.2 Å². The normalized spacial score (nSPS) is 17.5. The Balaban J connectivity index is 2.49. The molecular formula is C6H6F3N3. The van der Waals surface area contributed by atoms with Gasteiger partial charge in [0.25, 0.3) is 0 Å². The van der Waals surface area contributed by atoms with Crippen molar-refractivity contribution in [2.45, 2.75) is 6.18 Å². The predicted octanol–water partition coefficient (Wildman–Crippen LogP) is 0.776. The summed E-state index contributed by atoms with van der Waals surface area (Å²) in [6.45, 7) is -0.898. The molecule has 1 aliphatic rings. The monoisotopic (exact) mass is 177 g/mol. The summed E-state index contributed by atoms with van der Waals surface area (Å²) in [5.74, 6) is 0. The van der Waals surface area contributed by atoms with E-state index in [1.807, 2.05) is 0 Å². The maximum atomic E-state index is 11.7. The van der Waals surface area contributed by atoms with Crippen molar-refractivity contribution in [3.63, 3.8) is 0 Å². The van der Waals surface area contributed by atoms with Gasteiger partial charge in [-0.25, -0.2) is 5.43 Å². The second-order valence-electron chi connectivity index (χ2n) is 2.34. The van der Waals surface area contributed by atoms with Crippen molar-refractivity contribution in [2.24, 2.45) is 0 Å². The zero-order valence-corrected chi connectivity index (χ0v) is 6.02. The molecule has 0 spiro atoms. The molecular weight excluding hydrogens is 171 g/mol. The summed E-state index contributed by atoms with van der Waals surface area (Å²) in [6, 6.07) is 1.77. The molecule has 0 amide bonds. The first kappa shape index (κ1) is 8.87. The predicted molar refractivity (Wildman–Crippen MR) is 34.5 cm³/mol. The highest BCUT2D eigenvalue weighted by Gasteiger charge is 2.31. The lowest BCUT2D eigenvalue weighted by Crippen LogP contribution is -2.37. The molecule has 0 radical (unpaired) electrons. The van der Waals surface area contributed by atoms with Gasteiger partial charge < -0.3 is 5.01 Å². The Bertz CT molecular complexity index is 237. The van der Waals surface area contributed by atoms with Crippen LogP contribution in [-0.2, 0) is 0 Å². The fourth-order valence-corrected chi connectivity index (χ4v) is 0.829. The maximum Gasteiger partial charge on any atom is 0.407 e. The number of hydrogen-bond acceptors (Lipinski definition) is 3. The van der Waals surface area contributed by atoms with Gasteiger partial charge in [0.1, 0.15) is 6.54 Å². The first-order valence-corrected chi connectivity index (χ1v) is 3.19. The molecule has 66 valence electrons. The Morgan fingerprint density at radius 3 is 2.75 bits per heavy atom. The van der Waals surface area contributed by atoms with Crippen molar-refractivity contribution < 1.29 is 13.2 Å². The van der Waals surface area contributed by atoms with E-state index in [0.29, 0.717) is 5.57 Å². The Morgan fingerprint density at radius 1 is 1.67 bits per heavy atom. The van der Waals surface area contributed by atoms with Gasteiger partial charge in [-0.3, -0.25) is 0 Å². The van der Waals surface area contributed by atoms with E-state index in [-0.39, 0.29) is 6.54 Å². The molecule has 0 fully saturated rings. The van der Waals surface area contributed by atoms with Crippen LogP contribution in [0.3, 0.4) is 0 Å². The molecule has 12 heavy (non-hydrogen) atoms. The van der Waals surface area contributed by atoms with E-state index in [1.54, 1.807) is 6.07 Å². The van der Waals surface area contributed by atoms with Crippen LogP contribution in [0, 0.1) is 11.3 Å². The van der Waals surface area contributed by atoms with Crippen LogP contribution < -0.4 is 5.43 Å². The van der Waals surface area contributed by atoms with Crippen LogP contribution in [0.2, 0.25) is 0 Å². The Labute approximate surface area is 67.0 Å². The molecule has 0 aromatic heterocycles. The van der Waals surface area contributed by atoms with E-state index in [0.717, 1.165) is 11.2 Å². The molecule has 1 N–H and O–H groups in total. The number of alkyl halides is 3. The Kier molecular flexibility index (Phi) is 2.24. The van der Waals surface area contributed by atoms with Crippen molar-refractivity contribution >= 4 is 0 Å². The Hall–Kier alpha value is -1.22. The van der Waals surface area contributed by atoms with Crippen LogP contribution in [-0.4, -0.2) is 24.3 Å². The number of nitrogens with one attached hydrogen (secondary N) is 1. The van der Waals surface area contributed by atoms with E-state index in [4.69, 9.17) is 5.26 Å². The van der Waals surface area contributed by atoms with Crippen LogP contribution in [0.5, 0.6) is 0 Å². The van der Waals surface area contributed by atoms with Gasteiger partial charge >= 0.3 is 6.18 Å². The molecule has 3 nitrogen and oxygen atoms in total. The van der Waals surface area contributed by atoms with E-state index in [2.05, 4.69) is 5.43 Å². The van der Waals surface area contributed by atoms with Crippen LogP contribution in [0.4, 0.5) is 13.2 Å². The number of nitrogens with zero attached hydrogens (tertiary/aromatic N) is 2. The summed E-state index contributed by atoms with van der Waals surface area (Å²) < 4.78 is 35.2. The molecule has 0 atom stereocenters. The quantitative estimate of drug-likeness (QED) is 0.643. The molecule has 1 heterocycles. The molecule has 1 aliphatic heterocycles. The van der Waals surface area contributed by atoms with Crippen molar-refractivity contribution in [1.82, 2.24) is 10.4 Å². The molecule has 6 heteroatoms. The molecule has 1 rings (SSSR count). The number of hydrazine groups is 1. The third-order valence-corrected chi connectivity index (χ3v) is 1.28. The molecule has 0 bridgehead atoms. The lowest BCUT2D eigenvalue weighted by Gasteiger charge is -2.17. The highest BCUT2D eigenvalue weighted by molar-refractivity contribution is 5.24. The third-order valence-electron chi connectivity index (χ3n) is 1.28. The summed E-state index contributed by atoms with van der Waals surface area (Å²) in [7, 11) is 0. The topological polar surface area (TPSA) is 39.1 Å². The molecule has 0 aromatic rings. The van der Waals surface area contributed by atoms with Crippen molar-refractivity contribution in [3.05, 3.63) is 11.8 Å². The van der Waals surface area contributed by atoms with Crippen molar-refractivity contribution in [3.8, 4) is 6.07 Å². The third kappa shape index (κ3) is 2.43. The van der Waals surface area contributed by atoms with E-state index >= 15 is 0 Å². The molecule has 0 saturated heterocycles. The van der Waals surface area contributed by atoms with Crippen LogP contribution >= 0.6 is 0 Å². The second kappa shape index (κ2) is 3.03. The number of halogens is 3. The SMILES string of the molecule is N#CC1=CN(CC(F)(F)F)NC1. The van der Waals surface area contributed by atoms with Gasteiger partial charge in [0.15, 0.2) is 0 Å². The van der Waals surface area contributed by atoms with Gasteiger partial charge in [-0.05, 0) is 0 Å². The highest BCUT2D eigenvalue weighted by atomic mass is 19.4. The van der Waals surface area contributed by atoms with Gasteiger partial charge in [0, 0.05) is 6.20 Å². The minimum Gasteiger partial charge on any atom is -0.305 e. The summed E-state index contributed by atoms with van der Waals surface area (Å²) in [5.41, 5.74) is 2.72. The van der Waals surface area contributed by atoms with Crippen LogP contribution in [0.15, 0.2) is 11.8 Å². The molecule has 0 unspecified atom stereocenters. The van der Waals surface area contributed by atoms with Crippen LogP contribution in [0.25, 0.3) is 0 Å². The van der Waals surface area contributed by atoms with Crippen LogP contribution in [0.1, 0.15) is 0 Å². The van der Waals surface area contributed by atoms with E-state index in [1.165, 1.54) is 0 Å². The number of rotatable bonds is 1.